The Morgan fingerprint density at radius 1 is 1.10 bits per heavy atom. The van der Waals surface area contributed by atoms with Gasteiger partial charge in [-0.05, 0) is 43.3 Å². The van der Waals surface area contributed by atoms with Gasteiger partial charge in [-0.3, -0.25) is 13.9 Å². The lowest BCUT2D eigenvalue weighted by molar-refractivity contribution is -0.161. The van der Waals surface area contributed by atoms with Crippen molar-refractivity contribution in [2.24, 2.45) is 0 Å². The molecule has 11 heteroatoms. The zero-order valence-corrected chi connectivity index (χ0v) is 16.5. The summed E-state index contributed by atoms with van der Waals surface area (Å²) in [5, 5.41) is 0. The Labute approximate surface area is 165 Å². The van der Waals surface area contributed by atoms with E-state index in [9.17, 15) is 31.2 Å². The minimum absolute atomic E-state index is 0.0517. The normalized spacial score (nSPS) is 11.9. The van der Waals surface area contributed by atoms with Crippen molar-refractivity contribution in [3.8, 4) is 0 Å². The molecule has 1 aromatic carbocycles. The smallest absolute Gasteiger partial charge is 0.406 e. The summed E-state index contributed by atoms with van der Waals surface area (Å²) in [7, 11) is -3.99. The van der Waals surface area contributed by atoms with Crippen LogP contribution in [0.25, 0.3) is 0 Å². The third-order valence-electron chi connectivity index (χ3n) is 3.89. The Bertz CT molecular complexity index is 954. The number of rotatable bonds is 8. The fourth-order valence-electron chi connectivity index (χ4n) is 2.52. The average Bonchev–Trinajstić information content (AvgIpc) is 3.10. The lowest BCUT2D eigenvalue weighted by Crippen LogP contribution is -2.45. The molecule has 1 aromatic heterocycles. The number of alkyl halides is 3. The van der Waals surface area contributed by atoms with Gasteiger partial charge in [0.15, 0.2) is 5.78 Å². The van der Waals surface area contributed by atoms with Crippen molar-refractivity contribution in [2.45, 2.75) is 19.6 Å². The van der Waals surface area contributed by atoms with Crippen LogP contribution < -0.4 is 4.31 Å². The van der Waals surface area contributed by atoms with Gasteiger partial charge in [-0.15, -0.1) is 0 Å². The number of Topliss-reactive ketones (excluding diaryl/α,β-unsaturated/α-hetero) is 1. The minimum Gasteiger partial charge on any atom is -0.467 e. The molecule has 0 aliphatic heterocycles. The molecule has 0 bridgehead atoms. The summed E-state index contributed by atoms with van der Waals surface area (Å²) in [4.78, 5) is 24.4. The van der Waals surface area contributed by atoms with Crippen LogP contribution in [0.1, 0.15) is 23.0 Å². The summed E-state index contributed by atoms with van der Waals surface area (Å²) < 4.78 is 68.8. The van der Waals surface area contributed by atoms with Crippen molar-refractivity contribution < 1.29 is 35.6 Å². The Balaban J connectivity index is 2.29. The molecule has 0 unspecified atom stereocenters. The van der Waals surface area contributed by atoms with Gasteiger partial charge in [-0.25, -0.2) is 8.42 Å². The predicted octanol–water partition coefficient (Wildman–Crippen LogP) is 2.84. The van der Waals surface area contributed by atoms with Crippen molar-refractivity contribution in [2.75, 3.05) is 23.7 Å². The van der Waals surface area contributed by atoms with E-state index in [1.165, 1.54) is 49.6 Å². The summed E-state index contributed by atoms with van der Waals surface area (Å²) in [6, 6.07) is 8.24. The van der Waals surface area contributed by atoms with Crippen molar-refractivity contribution in [1.29, 1.82) is 0 Å². The predicted molar refractivity (Wildman–Crippen MR) is 98.8 cm³/mol. The fraction of sp³-hybridized carbons (Fsp3) is 0.333. The highest BCUT2D eigenvalue weighted by Crippen LogP contribution is 2.22. The first-order chi connectivity index (χ1) is 13.4. The van der Waals surface area contributed by atoms with Gasteiger partial charge in [-0.2, -0.15) is 13.2 Å². The van der Waals surface area contributed by atoms with Gasteiger partial charge >= 0.3 is 6.18 Å². The molecule has 29 heavy (non-hydrogen) atoms. The largest absolute Gasteiger partial charge is 0.467 e. The highest BCUT2D eigenvalue weighted by molar-refractivity contribution is 7.92. The van der Waals surface area contributed by atoms with Crippen LogP contribution in [0.2, 0.25) is 0 Å². The van der Waals surface area contributed by atoms with Crippen molar-refractivity contribution in [3.63, 3.8) is 0 Å². The zero-order chi connectivity index (χ0) is 21.8. The number of halogens is 3. The molecule has 158 valence electrons. The molecule has 0 aliphatic carbocycles. The van der Waals surface area contributed by atoms with E-state index >= 15 is 0 Å². The molecule has 0 aliphatic rings. The topological polar surface area (TPSA) is 87.9 Å². The molecule has 0 saturated heterocycles. The number of amides is 1. The summed E-state index contributed by atoms with van der Waals surface area (Å²) in [6.45, 7) is -1.54. The maximum absolute atomic E-state index is 12.9. The summed E-state index contributed by atoms with van der Waals surface area (Å²) in [6.07, 6.45) is -2.59. The van der Waals surface area contributed by atoms with E-state index in [-0.39, 0.29) is 17.2 Å². The van der Waals surface area contributed by atoms with Crippen molar-refractivity contribution in [3.05, 3.63) is 54.0 Å². The first-order valence-electron chi connectivity index (χ1n) is 8.32. The van der Waals surface area contributed by atoms with Crippen molar-refractivity contribution >= 4 is 27.4 Å². The first kappa shape index (κ1) is 22.5. The summed E-state index contributed by atoms with van der Waals surface area (Å²) >= 11 is 0. The Morgan fingerprint density at radius 2 is 1.72 bits per heavy atom. The van der Waals surface area contributed by atoms with Crippen LogP contribution in [0.3, 0.4) is 0 Å². The van der Waals surface area contributed by atoms with E-state index < -0.39 is 41.7 Å². The molecule has 0 radical (unpaired) electrons. The number of furan rings is 1. The number of carbonyl (C=O) groups excluding carboxylic acids is 2. The zero-order valence-electron chi connectivity index (χ0n) is 15.6. The number of sulfonamides is 1. The van der Waals surface area contributed by atoms with Crippen LogP contribution in [0.15, 0.2) is 47.1 Å². The highest BCUT2D eigenvalue weighted by Gasteiger charge is 2.34. The molecular formula is C18H19F3N2O5S. The van der Waals surface area contributed by atoms with Crippen LogP contribution in [0.5, 0.6) is 0 Å². The SMILES string of the molecule is CC(=O)c1ccc(N(CC(=O)N(Cc2ccco2)CC(F)(F)F)S(C)(=O)=O)cc1. The van der Waals surface area contributed by atoms with Gasteiger partial charge in [-0.1, -0.05) is 0 Å². The summed E-state index contributed by atoms with van der Waals surface area (Å²) in [5.41, 5.74) is 0.376. The number of hydrogen-bond donors (Lipinski definition) is 0. The fourth-order valence-corrected chi connectivity index (χ4v) is 3.37. The van der Waals surface area contributed by atoms with Gasteiger partial charge in [0.05, 0.1) is 24.8 Å². The van der Waals surface area contributed by atoms with Gasteiger partial charge < -0.3 is 9.32 Å². The number of benzene rings is 1. The molecule has 0 N–H and O–H groups in total. The van der Waals surface area contributed by atoms with Crippen LogP contribution in [-0.4, -0.2) is 50.5 Å². The standard InChI is InChI=1S/C18H19F3N2O5S/c1-13(24)14-5-7-15(8-6-14)23(29(2,26)27)11-17(25)22(12-18(19,20)21)10-16-4-3-9-28-16/h3-9H,10-12H2,1-2H3. The second kappa shape index (κ2) is 8.68. The van der Waals surface area contributed by atoms with E-state index in [1.54, 1.807) is 0 Å². The summed E-state index contributed by atoms with van der Waals surface area (Å²) in [5.74, 6) is -1.17. The Hall–Kier alpha value is -2.82. The van der Waals surface area contributed by atoms with Gasteiger partial charge in [0.1, 0.15) is 18.8 Å². The van der Waals surface area contributed by atoms with E-state index in [1.807, 2.05) is 0 Å². The number of anilines is 1. The Kier molecular flexibility index (Phi) is 6.73. The number of hydrogen-bond acceptors (Lipinski definition) is 5. The molecule has 1 heterocycles. The molecule has 2 aromatic rings. The highest BCUT2D eigenvalue weighted by atomic mass is 32.2. The molecule has 7 nitrogen and oxygen atoms in total. The van der Waals surface area contributed by atoms with E-state index in [0.717, 1.165) is 6.26 Å². The van der Waals surface area contributed by atoms with Crippen LogP contribution in [0.4, 0.5) is 18.9 Å². The van der Waals surface area contributed by atoms with E-state index in [2.05, 4.69) is 0 Å². The van der Waals surface area contributed by atoms with Crippen LogP contribution in [0, 0.1) is 0 Å². The second-order valence-electron chi connectivity index (χ2n) is 6.32. The maximum Gasteiger partial charge on any atom is 0.406 e. The van der Waals surface area contributed by atoms with Gasteiger partial charge in [0, 0.05) is 5.56 Å². The van der Waals surface area contributed by atoms with Crippen LogP contribution >= 0.6 is 0 Å². The second-order valence-corrected chi connectivity index (χ2v) is 8.22. The first-order valence-corrected chi connectivity index (χ1v) is 10.2. The van der Waals surface area contributed by atoms with E-state index in [0.29, 0.717) is 14.8 Å². The number of ketones is 1. The average molecular weight is 432 g/mol. The quantitative estimate of drug-likeness (QED) is 0.599. The number of nitrogens with zero attached hydrogens (tertiary/aromatic N) is 2. The lowest BCUT2D eigenvalue weighted by atomic mass is 10.1. The van der Waals surface area contributed by atoms with Crippen molar-refractivity contribution in [1.82, 2.24) is 4.90 Å². The molecular weight excluding hydrogens is 413 g/mol. The van der Waals surface area contributed by atoms with Gasteiger partial charge in [0.25, 0.3) is 0 Å². The molecule has 0 fully saturated rings. The monoisotopic (exact) mass is 432 g/mol. The molecule has 0 saturated carbocycles. The van der Waals surface area contributed by atoms with Crippen LogP contribution in [-0.2, 0) is 21.4 Å². The number of carbonyl (C=O) groups is 2. The van der Waals surface area contributed by atoms with Gasteiger partial charge in [0.2, 0.25) is 15.9 Å². The third kappa shape index (κ3) is 6.63. The van der Waals surface area contributed by atoms with E-state index in [4.69, 9.17) is 4.42 Å². The Morgan fingerprint density at radius 3 is 2.17 bits per heavy atom. The minimum atomic E-state index is -4.68. The third-order valence-corrected chi connectivity index (χ3v) is 5.03. The molecule has 0 atom stereocenters. The molecule has 0 spiro atoms. The molecule has 1 amide bonds. The lowest BCUT2D eigenvalue weighted by Gasteiger charge is -2.27. The maximum atomic E-state index is 12.9. The molecule has 2 rings (SSSR count).